The molecule has 1 fully saturated rings. The first-order valence-electron chi connectivity index (χ1n) is 9.75. The minimum absolute atomic E-state index is 0.0334. The van der Waals surface area contributed by atoms with Gasteiger partial charge in [-0.05, 0) is 40.8 Å². The quantitative estimate of drug-likeness (QED) is 0.313. The van der Waals surface area contributed by atoms with E-state index in [1.807, 2.05) is 24.3 Å². The van der Waals surface area contributed by atoms with Crippen LogP contribution in [0, 0.1) is 0 Å². The summed E-state index contributed by atoms with van der Waals surface area (Å²) >= 11 is 7.22. The molecule has 7 heteroatoms. The summed E-state index contributed by atoms with van der Waals surface area (Å²) in [7, 11) is 0. The Morgan fingerprint density at radius 2 is 1.71 bits per heavy atom. The molecule has 31 heavy (non-hydrogen) atoms. The monoisotopic (exact) mass is 452 g/mol. The third kappa shape index (κ3) is 3.89. The maximum absolute atomic E-state index is 13.0. The summed E-state index contributed by atoms with van der Waals surface area (Å²) in [5.74, 6) is -1.69. The number of carbonyl (C=O) groups excluding carboxylic acids is 2. The number of halogens is 1. The van der Waals surface area contributed by atoms with Gasteiger partial charge in [-0.3, -0.25) is 14.5 Å². The number of aromatic nitrogens is 1. The van der Waals surface area contributed by atoms with E-state index in [1.165, 1.54) is 16.2 Å². The van der Waals surface area contributed by atoms with Crippen molar-refractivity contribution in [2.45, 2.75) is 32.2 Å². The zero-order chi connectivity index (χ0) is 22.3. The van der Waals surface area contributed by atoms with Crippen LogP contribution in [-0.2, 0) is 15.0 Å². The summed E-state index contributed by atoms with van der Waals surface area (Å²) in [6, 6.07) is 13.5. The average molecular weight is 453 g/mol. The minimum Gasteiger partial charge on any atom is -0.507 e. The van der Waals surface area contributed by atoms with Gasteiger partial charge in [-0.2, -0.15) is 0 Å². The van der Waals surface area contributed by atoms with Gasteiger partial charge in [-0.25, -0.2) is 4.98 Å². The van der Waals surface area contributed by atoms with Crippen LogP contribution in [0.3, 0.4) is 0 Å². The molecule has 1 atom stereocenters. The number of Topliss-reactive ketones (excluding diaryl/α,β-unsaturated/α-hetero) is 1. The van der Waals surface area contributed by atoms with Gasteiger partial charge in [0, 0.05) is 22.2 Å². The number of rotatable bonds is 3. The van der Waals surface area contributed by atoms with Crippen molar-refractivity contribution < 1.29 is 14.7 Å². The van der Waals surface area contributed by atoms with Gasteiger partial charge < -0.3 is 5.11 Å². The number of thiazole rings is 1. The second-order valence-corrected chi connectivity index (χ2v) is 9.67. The molecule has 0 saturated carbocycles. The van der Waals surface area contributed by atoms with Crippen molar-refractivity contribution in [3.8, 4) is 0 Å². The predicted molar refractivity (Wildman–Crippen MR) is 123 cm³/mol. The predicted octanol–water partition coefficient (Wildman–Crippen LogP) is 5.72. The maximum atomic E-state index is 13.0. The van der Waals surface area contributed by atoms with Gasteiger partial charge in [0.05, 0.1) is 11.6 Å². The Morgan fingerprint density at radius 1 is 1.06 bits per heavy atom. The van der Waals surface area contributed by atoms with Crippen molar-refractivity contribution >= 4 is 45.5 Å². The zero-order valence-corrected chi connectivity index (χ0v) is 18.9. The van der Waals surface area contributed by atoms with Crippen molar-refractivity contribution in [2.75, 3.05) is 4.90 Å². The Kier molecular flexibility index (Phi) is 5.45. The molecular formula is C24H21ClN2O3S. The van der Waals surface area contributed by atoms with Gasteiger partial charge in [0.15, 0.2) is 5.13 Å². The van der Waals surface area contributed by atoms with Crippen LogP contribution in [0.1, 0.15) is 43.5 Å². The lowest BCUT2D eigenvalue weighted by molar-refractivity contribution is -0.132. The molecule has 0 radical (unpaired) electrons. The summed E-state index contributed by atoms with van der Waals surface area (Å²) in [5.41, 5.74) is 2.25. The number of aliphatic hydroxyl groups is 1. The molecule has 1 aliphatic rings. The highest BCUT2D eigenvalue weighted by Crippen LogP contribution is 2.43. The summed E-state index contributed by atoms with van der Waals surface area (Å²) < 4.78 is 0. The molecule has 2 heterocycles. The van der Waals surface area contributed by atoms with Gasteiger partial charge in [0.1, 0.15) is 5.76 Å². The Morgan fingerprint density at radius 3 is 2.26 bits per heavy atom. The van der Waals surface area contributed by atoms with Crippen molar-refractivity contribution in [3.05, 3.63) is 87.4 Å². The summed E-state index contributed by atoms with van der Waals surface area (Å²) in [6.07, 6.45) is 1.58. The van der Waals surface area contributed by atoms with Crippen LogP contribution in [0.15, 0.2) is 65.7 Å². The Labute approximate surface area is 189 Å². The van der Waals surface area contributed by atoms with E-state index in [9.17, 15) is 14.7 Å². The smallest absolute Gasteiger partial charge is 0.301 e. The van der Waals surface area contributed by atoms with Crippen LogP contribution in [0.25, 0.3) is 5.76 Å². The van der Waals surface area contributed by atoms with Crippen molar-refractivity contribution in [2.24, 2.45) is 0 Å². The molecule has 1 amide bonds. The number of amides is 1. The number of carbonyl (C=O) groups is 2. The molecule has 3 aromatic rings. The van der Waals surface area contributed by atoms with Crippen molar-refractivity contribution in [1.82, 2.24) is 4.98 Å². The van der Waals surface area contributed by atoms with E-state index in [0.717, 1.165) is 11.1 Å². The molecule has 0 spiro atoms. The van der Waals surface area contributed by atoms with Crippen LogP contribution < -0.4 is 4.90 Å². The largest absolute Gasteiger partial charge is 0.507 e. The highest BCUT2D eigenvalue weighted by Gasteiger charge is 2.48. The molecule has 4 rings (SSSR count). The Hall–Kier alpha value is -2.96. The molecule has 1 aliphatic heterocycles. The molecule has 158 valence electrons. The number of anilines is 1. The van der Waals surface area contributed by atoms with Crippen LogP contribution >= 0.6 is 22.9 Å². The SMILES string of the molecule is CC(C)(C)c1ccc(C2/C(=C(/O)c3ccc(Cl)cc3)C(=O)C(=O)N2c2nccs2)cc1. The Bertz CT molecular complexity index is 1160. The molecule has 0 aliphatic carbocycles. The third-order valence-corrected chi connectivity index (χ3v) is 6.30. The molecule has 1 N–H and O–H groups in total. The van der Waals surface area contributed by atoms with Gasteiger partial charge in [0.25, 0.3) is 5.78 Å². The van der Waals surface area contributed by atoms with Crippen LogP contribution in [0.4, 0.5) is 5.13 Å². The molecule has 2 aromatic carbocycles. The lowest BCUT2D eigenvalue weighted by Crippen LogP contribution is -2.29. The van der Waals surface area contributed by atoms with Crippen LogP contribution in [-0.4, -0.2) is 21.8 Å². The van der Waals surface area contributed by atoms with Crippen LogP contribution in [0.5, 0.6) is 0 Å². The summed E-state index contributed by atoms with van der Waals surface area (Å²) in [6.45, 7) is 6.35. The van der Waals surface area contributed by atoms with E-state index in [1.54, 1.807) is 35.8 Å². The highest BCUT2D eigenvalue weighted by molar-refractivity contribution is 7.14. The zero-order valence-electron chi connectivity index (χ0n) is 17.3. The molecular weight excluding hydrogens is 432 g/mol. The molecule has 5 nitrogen and oxygen atoms in total. The fourth-order valence-electron chi connectivity index (χ4n) is 3.61. The van der Waals surface area contributed by atoms with E-state index < -0.39 is 17.7 Å². The number of aliphatic hydroxyl groups excluding tert-OH is 1. The fourth-order valence-corrected chi connectivity index (χ4v) is 4.40. The standard InChI is InChI=1S/C24H21ClN2O3S/c1-24(2,3)16-8-4-14(5-9-16)19-18(20(28)15-6-10-17(25)11-7-15)21(29)22(30)27(19)23-26-12-13-31-23/h4-13,19,28H,1-3H3/b20-18-. The normalized spacial score (nSPS) is 18.6. The van der Waals surface area contributed by atoms with E-state index in [0.29, 0.717) is 15.7 Å². The second kappa shape index (κ2) is 7.94. The Balaban J connectivity index is 1.90. The first-order chi connectivity index (χ1) is 14.7. The van der Waals surface area contributed by atoms with Crippen molar-refractivity contribution in [3.63, 3.8) is 0 Å². The van der Waals surface area contributed by atoms with Gasteiger partial charge in [-0.15, -0.1) is 11.3 Å². The summed E-state index contributed by atoms with van der Waals surface area (Å²) in [4.78, 5) is 31.6. The van der Waals surface area contributed by atoms with Crippen LogP contribution in [0.2, 0.25) is 5.02 Å². The van der Waals surface area contributed by atoms with E-state index in [-0.39, 0.29) is 16.7 Å². The fraction of sp³-hybridized carbons (Fsp3) is 0.208. The average Bonchev–Trinajstić information content (AvgIpc) is 3.34. The number of benzene rings is 2. The number of ketones is 1. The number of hydrogen-bond acceptors (Lipinski definition) is 5. The first kappa shape index (κ1) is 21.3. The first-order valence-corrected chi connectivity index (χ1v) is 11.0. The molecule has 0 bridgehead atoms. The lowest BCUT2D eigenvalue weighted by Gasteiger charge is -2.24. The highest BCUT2D eigenvalue weighted by atomic mass is 35.5. The lowest BCUT2D eigenvalue weighted by atomic mass is 9.85. The van der Waals surface area contributed by atoms with E-state index in [2.05, 4.69) is 25.8 Å². The van der Waals surface area contributed by atoms with Gasteiger partial charge >= 0.3 is 5.91 Å². The molecule has 1 aromatic heterocycles. The minimum atomic E-state index is -0.782. The van der Waals surface area contributed by atoms with Crippen molar-refractivity contribution in [1.29, 1.82) is 0 Å². The third-order valence-electron chi connectivity index (χ3n) is 5.28. The maximum Gasteiger partial charge on any atom is 0.301 e. The molecule has 1 unspecified atom stereocenters. The van der Waals surface area contributed by atoms with Gasteiger partial charge in [0.2, 0.25) is 0 Å². The van der Waals surface area contributed by atoms with Gasteiger partial charge in [-0.1, -0.05) is 56.6 Å². The number of nitrogens with zero attached hydrogens (tertiary/aromatic N) is 2. The van der Waals surface area contributed by atoms with E-state index in [4.69, 9.17) is 11.6 Å². The number of hydrogen-bond donors (Lipinski definition) is 1. The molecule has 1 saturated heterocycles. The summed E-state index contributed by atoms with van der Waals surface area (Å²) in [5, 5.41) is 13.7. The topological polar surface area (TPSA) is 70.5 Å². The second-order valence-electron chi connectivity index (χ2n) is 8.36. The van der Waals surface area contributed by atoms with E-state index >= 15 is 0 Å².